The summed E-state index contributed by atoms with van der Waals surface area (Å²) in [5, 5.41) is 8.16. The molecule has 3 N–H and O–H groups in total. The van der Waals surface area contributed by atoms with E-state index in [9.17, 15) is 27.6 Å². The number of thiazole rings is 1. The van der Waals surface area contributed by atoms with Gasteiger partial charge in [0, 0.05) is 17.3 Å². The monoisotopic (exact) mass is 489 g/mol. The number of aromatic nitrogens is 2. The van der Waals surface area contributed by atoms with Gasteiger partial charge in [0.2, 0.25) is 0 Å². The molecule has 0 spiro atoms. The normalized spacial score (nSPS) is 17.9. The minimum absolute atomic E-state index is 0.168. The number of nitrogens with one attached hydrogen (secondary N) is 3. The Morgan fingerprint density at radius 2 is 1.88 bits per heavy atom. The SMILES string of the molecule is Cc1nc(C)c(C2(CNC(=O)c3ccccc3-c3ccc(C(F)(F)F)nc3)NC(=O)NC2=O)s1. The fraction of sp³-hybridized carbons (Fsp3) is 0.227. The van der Waals surface area contributed by atoms with Gasteiger partial charge in [0.1, 0.15) is 5.69 Å². The number of nitrogens with zero attached hydrogens (tertiary/aromatic N) is 2. The Kier molecular flexibility index (Phi) is 5.86. The summed E-state index contributed by atoms with van der Waals surface area (Å²) in [6.07, 6.45) is -3.53. The van der Waals surface area contributed by atoms with Gasteiger partial charge in [0.15, 0.2) is 5.54 Å². The molecule has 0 saturated carbocycles. The maximum Gasteiger partial charge on any atom is 0.433 e. The van der Waals surface area contributed by atoms with E-state index in [0.29, 0.717) is 26.7 Å². The van der Waals surface area contributed by atoms with Crippen molar-refractivity contribution in [2.75, 3.05) is 6.54 Å². The first-order chi connectivity index (χ1) is 16.0. The Morgan fingerprint density at radius 3 is 2.44 bits per heavy atom. The molecule has 4 rings (SSSR count). The highest BCUT2D eigenvalue weighted by Crippen LogP contribution is 2.33. The van der Waals surface area contributed by atoms with E-state index in [1.807, 2.05) is 0 Å². The lowest BCUT2D eigenvalue weighted by Crippen LogP contribution is -2.52. The van der Waals surface area contributed by atoms with Crippen molar-refractivity contribution in [2.24, 2.45) is 0 Å². The Balaban J connectivity index is 1.63. The molecule has 1 fully saturated rings. The number of halogens is 3. The smallest absolute Gasteiger partial charge is 0.349 e. The molecule has 0 bridgehead atoms. The topological polar surface area (TPSA) is 113 Å². The average molecular weight is 489 g/mol. The van der Waals surface area contributed by atoms with Crippen LogP contribution in [0, 0.1) is 13.8 Å². The number of pyridine rings is 1. The van der Waals surface area contributed by atoms with E-state index in [1.54, 1.807) is 32.0 Å². The van der Waals surface area contributed by atoms with E-state index >= 15 is 0 Å². The number of urea groups is 1. The molecule has 1 aromatic carbocycles. The molecule has 3 heterocycles. The fourth-order valence-corrected chi connectivity index (χ4v) is 4.81. The van der Waals surface area contributed by atoms with E-state index < -0.39 is 35.3 Å². The van der Waals surface area contributed by atoms with E-state index in [0.717, 1.165) is 12.3 Å². The van der Waals surface area contributed by atoms with Gasteiger partial charge in [0.25, 0.3) is 11.8 Å². The maximum atomic E-state index is 13.1. The van der Waals surface area contributed by atoms with Crippen LogP contribution in [0.3, 0.4) is 0 Å². The van der Waals surface area contributed by atoms with Crippen molar-refractivity contribution >= 4 is 29.2 Å². The molecule has 1 unspecified atom stereocenters. The second-order valence-corrected chi connectivity index (χ2v) is 8.82. The van der Waals surface area contributed by atoms with Gasteiger partial charge in [-0.3, -0.25) is 19.9 Å². The fourth-order valence-electron chi connectivity index (χ4n) is 3.75. The molecule has 1 saturated heterocycles. The van der Waals surface area contributed by atoms with Gasteiger partial charge in [-0.25, -0.2) is 9.78 Å². The van der Waals surface area contributed by atoms with Crippen LogP contribution in [0.1, 0.15) is 31.6 Å². The van der Waals surface area contributed by atoms with Gasteiger partial charge < -0.3 is 10.6 Å². The van der Waals surface area contributed by atoms with E-state index in [-0.39, 0.29) is 12.1 Å². The van der Waals surface area contributed by atoms with E-state index in [4.69, 9.17) is 0 Å². The maximum absolute atomic E-state index is 13.1. The molecule has 12 heteroatoms. The summed E-state index contributed by atoms with van der Waals surface area (Å²) in [5.41, 5.74) is -1.19. The predicted molar refractivity (Wildman–Crippen MR) is 117 cm³/mol. The van der Waals surface area contributed by atoms with Crippen LogP contribution < -0.4 is 16.0 Å². The highest BCUT2D eigenvalue weighted by molar-refractivity contribution is 7.12. The largest absolute Gasteiger partial charge is 0.433 e. The molecule has 0 radical (unpaired) electrons. The number of hydrogen-bond donors (Lipinski definition) is 3. The van der Waals surface area contributed by atoms with E-state index in [1.165, 1.54) is 23.5 Å². The van der Waals surface area contributed by atoms with Crippen molar-refractivity contribution in [1.29, 1.82) is 0 Å². The van der Waals surface area contributed by atoms with Crippen molar-refractivity contribution in [3.63, 3.8) is 0 Å². The minimum Gasteiger partial charge on any atom is -0.349 e. The van der Waals surface area contributed by atoms with Crippen molar-refractivity contribution in [2.45, 2.75) is 25.6 Å². The van der Waals surface area contributed by atoms with Crippen LogP contribution in [-0.2, 0) is 16.5 Å². The van der Waals surface area contributed by atoms with Crippen molar-refractivity contribution in [3.05, 3.63) is 69.4 Å². The first-order valence-electron chi connectivity index (χ1n) is 10.0. The summed E-state index contributed by atoms with van der Waals surface area (Å²) in [5.74, 6) is -1.20. The summed E-state index contributed by atoms with van der Waals surface area (Å²) in [6, 6.07) is 7.70. The highest BCUT2D eigenvalue weighted by atomic mass is 32.1. The zero-order valence-corrected chi connectivity index (χ0v) is 18.7. The predicted octanol–water partition coefficient (Wildman–Crippen LogP) is 3.31. The molecular weight excluding hydrogens is 471 g/mol. The highest BCUT2D eigenvalue weighted by Gasteiger charge is 2.50. The van der Waals surface area contributed by atoms with Crippen LogP contribution in [0.2, 0.25) is 0 Å². The van der Waals surface area contributed by atoms with E-state index in [2.05, 4.69) is 25.9 Å². The summed E-state index contributed by atoms with van der Waals surface area (Å²) >= 11 is 1.23. The number of carbonyl (C=O) groups is 3. The number of alkyl halides is 3. The Labute approximate surface area is 195 Å². The second-order valence-electron chi connectivity index (χ2n) is 7.62. The lowest BCUT2D eigenvalue weighted by Gasteiger charge is -2.26. The average Bonchev–Trinajstić information content (AvgIpc) is 3.28. The molecule has 1 atom stereocenters. The molecule has 8 nitrogen and oxygen atoms in total. The third-order valence-electron chi connectivity index (χ3n) is 5.28. The van der Waals surface area contributed by atoms with Gasteiger partial charge in [-0.15, -0.1) is 11.3 Å². The zero-order chi connectivity index (χ0) is 24.7. The number of rotatable bonds is 5. The lowest BCUT2D eigenvalue weighted by atomic mass is 9.95. The molecule has 4 amide bonds. The molecule has 3 aromatic rings. The van der Waals surface area contributed by atoms with Crippen molar-refractivity contribution in [1.82, 2.24) is 25.9 Å². The Bertz CT molecular complexity index is 1290. The van der Waals surface area contributed by atoms with Crippen LogP contribution in [0.5, 0.6) is 0 Å². The lowest BCUT2D eigenvalue weighted by molar-refractivity contribution is -0.141. The zero-order valence-electron chi connectivity index (χ0n) is 17.9. The standard InChI is InChI=1S/C22H18F3N5O3S/c1-11-17(34-12(2)28-11)21(19(32)29-20(33)30-21)10-27-18(31)15-6-4-3-5-14(15)13-7-8-16(26-9-13)22(23,24)25/h3-9H,10H2,1-2H3,(H,27,31)(H2,29,30,32,33). The van der Waals surface area contributed by atoms with Crippen molar-refractivity contribution < 1.29 is 27.6 Å². The van der Waals surface area contributed by atoms with Crippen LogP contribution in [0.4, 0.5) is 18.0 Å². The van der Waals surface area contributed by atoms with Gasteiger partial charge in [-0.2, -0.15) is 13.2 Å². The minimum atomic E-state index is -4.58. The Hall–Kier alpha value is -3.80. The first kappa shape index (κ1) is 23.4. The van der Waals surface area contributed by atoms with Crippen LogP contribution in [0.25, 0.3) is 11.1 Å². The summed E-state index contributed by atoms with van der Waals surface area (Å²) < 4.78 is 38.6. The van der Waals surface area contributed by atoms with Crippen molar-refractivity contribution in [3.8, 4) is 11.1 Å². The number of amides is 4. The van der Waals surface area contributed by atoms with Crippen LogP contribution in [0.15, 0.2) is 42.6 Å². The third-order valence-corrected chi connectivity index (χ3v) is 6.52. The number of carbonyl (C=O) groups excluding carboxylic acids is 3. The summed E-state index contributed by atoms with van der Waals surface area (Å²) in [4.78, 5) is 46.1. The molecule has 1 aliphatic heterocycles. The number of hydrogen-bond acceptors (Lipinski definition) is 6. The van der Waals surface area contributed by atoms with Gasteiger partial charge in [0.05, 0.1) is 22.1 Å². The molecule has 34 heavy (non-hydrogen) atoms. The number of aryl methyl sites for hydroxylation is 2. The summed E-state index contributed by atoms with van der Waals surface area (Å²) in [7, 11) is 0. The van der Waals surface area contributed by atoms with Crippen LogP contribution >= 0.6 is 11.3 Å². The molecule has 1 aliphatic rings. The molecule has 176 valence electrons. The van der Waals surface area contributed by atoms with Gasteiger partial charge >= 0.3 is 12.2 Å². The quantitative estimate of drug-likeness (QED) is 0.476. The molecule has 0 aliphatic carbocycles. The van der Waals surface area contributed by atoms with Gasteiger partial charge in [-0.05, 0) is 31.5 Å². The molecular formula is C22H18F3N5O3S. The Morgan fingerprint density at radius 1 is 1.15 bits per heavy atom. The van der Waals surface area contributed by atoms with Gasteiger partial charge in [-0.1, -0.05) is 24.3 Å². The summed E-state index contributed by atoms with van der Waals surface area (Å²) in [6.45, 7) is 3.20. The first-order valence-corrected chi connectivity index (χ1v) is 10.8. The molecule has 2 aromatic heterocycles. The number of benzene rings is 1. The van der Waals surface area contributed by atoms with Crippen LogP contribution in [-0.4, -0.2) is 34.4 Å². The third kappa shape index (κ3) is 4.23. The second kappa shape index (κ2) is 8.52. The number of imide groups is 1.